The lowest BCUT2D eigenvalue weighted by Gasteiger charge is -1.96. The zero-order chi connectivity index (χ0) is 14.1. The van der Waals surface area contributed by atoms with E-state index in [9.17, 15) is 4.39 Å². The van der Waals surface area contributed by atoms with Crippen molar-refractivity contribution >= 4 is 11.6 Å². The lowest BCUT2D eigenvalue weighted by Crippen LogP contribution is -1.83. The van der Waals surface area contributed by atoms with E-state index in [1.54, 1.807) is 6.07 Å². The highest BCUT2D eigenvalue weighted by molar-refractivity contribution is 6.31. The van der Waals surface area contributed by atoms with E-state index in [4.69, 9.17) is 21.4 Å². The molecule has 98 valence electrons. The first-order chi connectivity index (χ1) is 9.67. The molecule has 0 atom stereocenters. The van der Waals surface area contributed by atoms with Gasteiger partial charge in [0, 0.05) is 11.8 Å². The molecular weight excluding hydrogens is 283 g/mol. The molecular formula is C13H6ClFN4O. The third-order valence-corrected chi connectivity index (χ3v) is 2.94. The molecule has 0 aliphatic carbocycles. The van der Waals surface area contributed by atoms with Crippen LogP contribution in [0.4, 0.5) is 4.39 Å². The number of aromatic nitrogens is 3. The Kier molecular flexibility index (Phi) is 2.97. The van der Waals surface area contributed by atoms with Crippen LogP contribution in [-0.2, 0) is 0 Å². The van der Waals surface area contributed by atoms with Crippen LogP contribution in [-0.4, -0.2) is 15.1 Å². The van der Waals surface area contributed by atoms with E-state index in [2.05, 4.69) is 15.1 Å². The average Bonchev–Trinajstić information content (AvgIpc) is 3.09. The molecule has 0 unspecified atom stereocenters. The maximum absolute atomic E-state index is 13.1. The number of nitrogens with one attached hydrogen (secondary N) is 1. The summed E-state index contributed by atoms with van der Waals surface area (Å²) in [5, 5.41) is 12.5. The first kappa shape index (κ1) is 12.4. The normalized spacial score (nSPS) is 10.4. The fraction of sp³-hybridized carbons (Fsp3) is 0. The molecule has 20 heavy (non-hydrogen) atoms. The van der Waals surface area contributed by atoms with E-state index < -0.39 is 5.82 Å². The van der Waals surface area contributed by atoms with Crippen LogP contribution in [0.2, 0.25) is 5.02 Å². The molecule has 0 fully saturated rings. The number of halogens is 2. The van der Waals surface area contributed by atoms with Crippen molar-refractivity contribution in [2.24, 2.45) is 0 Å². The summed E-state index contributed by atoms with van der Waals surface area (Å²) in [5.74, 6) is 0.0131. The Morgan fingerprint density at radius 3 is 2.90 bits per heavy atom. The van der Waals surface area contributed by atoms with E-state index in [1.165, 1.54) is 24.4 Å². The highest BCUT2D eigenvalue weighted by Gasteiger charge is 2.13. The first-order valence-electron chi connectivity index (χ1n) is 5.55. The standard InChI is InChI=1S/C13H6ClFN4O/c14-9-4-8(1-2-10(9)15)12-18-13(20-19-12)11-3-7(5-16)6-17-11/h1-4,6,17H. The molecule has 1 N–H and O–H groups in total. The van der Waals surface area contributed by atoms with Crippen LogP contribution >= 0.6 is 11.6 Å². The molecule has 0 spiro atoms. The number of rotatable bonds is 2. The average molecular weight is 289 g/mol. The molecule has 0 radical (unpaired) electrons. The zero-order valence-electron chi connectivity index (χ0n) is 9.89. The number of nitriles is 1. The van der Waals surface area contributed by atoms with Gasteiger partial charge in [0.15, 0.2) is 0 Å². The Hall–Kier alpha value is -2.65. The highest BCUT2D eigenvalue weighted by atomic mass is 35.5. The Labute approximate surface area is 117 Å². The molecule has 0 aliphatic rings. The second-order valence-electron chi connectivity index (χ2n) is 3.97. The quantitative estimate of drug-likeness (QED) is 0.784. The molecule has 0 aliphatic heterocycles. The van der Waals surface area contributed by atoms with Gasteiger partial charge < -0.3 is 9.51 Å². The van der Waals surface area contributed by atoms with Gasteiger partial charge in [-0.1, -0.05) is 16.8 Å². The number of benzene rings is 1. The van der Waals surface area contributed by atoms with Gasteiger partial charge >= 0.3 is 0 Å². The Morgan fingerprint density at radius 2 is 2.20 bits per heavy atom. The van der Waals surface area contributed by atoms with Crippen molar-refractivity contribution in [1.82, 2.24) is 15.1 Å². The minimum Gasteiger partial charge on any atom is -0.356 e. The first-order valence-corrected chi connectivity index (χ1v) is 5.93. The summed E-state index contributed by atoms with van der Waals surface area (Å²) in [6.45, 7) is 0. The van der Waals surface area contributed by atoms with Crippen molar-refractivity contribution in [3.05, 3.63) is 46.9 Å². The summed E-state index contributed by atoms with van der Waals surface area (Å²) in [4.78, 5) is 7.02. The molecule has 7 heteroatoms. The molecule has 2 aromatic heterocycles. The molecule has 5 nitrogen and oxygen atoms in total. The second-order valence-corrected chi connectivity index (χ2v) is 4.37. The lowest BCUT2D eigenvalue weighted by molar-refractivity contribution is 0.431. The number of H-pyrrole nitrogens is 1. The summed E-state index contributed by atoms with van der Waals surface area (Å²) in [5.41, 5.74) is 1.54. The predicted octanol–water partition coefficient (Wildman–Crippen LogP) is 3.40. The number of hydrogen-bond acceptors (Lipinski definition) is 4. The van der Waals surface area contributed by atoms with E-state index in [0.29, 0.717) is 16.8 Å². The summed E-state index contributed by atoms with van der Waals surface area (Å²) in [6.07, 6.45) is 1.54. The van der Waals surface area contributed by atoms with Gasteiger partial charge in [-0.3, -0.25) is 0 Å². The van der Waals surface area contributed by atoms with Gasteiger partial charge in [-0.15, -0.1) is 0 Å². The Bertz CT molecular complexity index is 818. The van der Waals surface area contributed by atoms with Crippen molar-refractivity contribution in [3.63, 3.8) is 0 Å². The van der Waals surface area contributed by atoms with Gasteiger partial charge in [0.25, 0.3) is 5.89 Å². The van der Waals surface area contributed by atoms with Crippen LogP contribution < -0.4 is 0 Å². The molecule has 3 aromatic rings. The van der Waals surface area contributed by atoms with Gasteiger partial charge in [-0.2, -0.15) is 10.2 Å². The number of hydrogen-bond donors (Lipinski definition) is 1. The summed E-state index contributed by atoms with van der Waals surface area (Å²) in [6, 6.07) is 7.74. The molecule has 0 saturated carbocycles. The number of aromatic amines is 1. The molecule has 2 heterocycles. The smallest absolute Gasteiger partial charge is 0.274 e. The van der Waals surface area contributed by atoms with Crippen molar-refractivity contribution in [3.8, 4) is 29.0 Å². The van der Waals surface area contributed by atoms with Crippen molar-refractivity contribution in [2.45, 2.75) is 0 Å². The van der Waals surface area contributed by atoms with E-state index in [0.717, 1.165) is 0 Å². The zero-order valence-corrected chi connectivity index (χ0v) is 10.6. The van der Waals surface area contributed by atoms with Crippen LogP contribution in [0.25, 0.3) is 23.0 Å². The summed E-state index contributed by atoms with van der Waals surface area (Å²) < 4.78 is 18.2. The highest BCUT2D eigenvalue weighted by Crippen LogP contribution is 2.25. The lowest BCUT2D eigenvalue weighted by atomic mass is 10.2. The Balaban J connectivity index is 1.97. The maximum atomic E-state index is 13.1. The van der Waals surface area contributed by atoms with Gasteiger partial charge in [0.2, 0.25) is 5.82 Å². The van der Waals surface area contributed by atoms with E-state index >= 15 is 0 Å². The van der Waals surface area contributed by atoms with Crippen LogP contribution in [0.1, 0.15) is 5.56 Å². The van der Waals surface area contributed by atoms with Crippen LogP contribution in [0, 0.1) is 17.1 Å². The molecule has 3 rings (SSSR count). The molecule has 0 bridgehead atoms. The summed E-state index contributed by atoms with van der Waals surface area (Å²) >= 11 is 5.71. The minimum atomic E-state index is -0.512. The number of nitrogens with zero attached hydrogens (tertiary/aromatic N) is 3. The van der Waals surface area contributed by atoms with Crippen LogP contribution in [0.3, 0.4) is 0 Å². The fourth-order valence-electron chi connectivity index (χ4n) is 1.67. The summed E-state index contributed by atoms with van der Waals surface area (Å²) in [7, 11) is 0. The third-order valence-electron chi connectivity index (χ3n) is 2.65. The topological polar surface area (TPSA) is 78.5 Å². The van der Waals surface area contributed by atoms with E-state index in [-0.39, 0.29) is 16.7 Å². The third kappa shape index (κ3) is 2.15. The maximum Gasteiger partial charge on any atom is 0.274 e. The van der Waals surface area contributed by atoms with Crippen molar-refractivity contribution in [2.75, 3.05) is 0 Å². The van der Waals surface area contributed by atoms with Crippen molar-refractivity contribution < 1.29 is 8.91 Å². The predicted molar refractivity (Wildman–Crippen MR) is 69.2 cm³/mol. The second kappa shape index (κ2) is 4.79. The van der Waals surface area contributed by atoms with E-state index in [1.807, 2.05) is 6.07 Å². The minimum absolute atomic E-state index is 0.0134. The van der Waals surface area contributed by atoms with Crippen LogP contribution in [0.5, 0.6) is 0 Å². The largest absolute Gasteiger partial charge is 0.356 e. The SMILES string of the molecule is N#Cc1c[nH]c(-c2nc(-c3ccc(F)c(Cl)c3)no2)c1. The van der Waals surface area contributed by atoms with Crippen LogP contribution in [0.15, 0.2) is 35.0 Å². The fourth-order valence-corrected chi connectivity index (χ4v) is 1.85. The monoisotopic (exact) mass is 288 g/mol. The Morgan fingerprint density at radius 1 is 1.35 bits per heavy atom. The van der Waals surface area contributed by atoms with Crippen molar-refractivity contribution in [1.29, 1.82) is 5.26 Å². The molecule has 0 amide bonds. The van der Waals surface area contributed by atoms with Gasteiger partial charge in [-0.05, 0) is 24.3 Å². The van der Waals surface area contributed by atoms with Gasteiger partial charge in [0.1, 0.15) is 17.6 Å². The molecule has 1 aromatic carbocycles. The molecule has 0 saturated heterocycles. The van der Waals surface area contributed by atoms with Gasteiger partial charge in [0.05, 0.1) is 10.6 Å². The van der Waals surface area contributed by atoms with Gasteiger partial charge in [-0.25, -0.2) is 4.39 Å².